The molecule has 1 saturated heterocycles. The summed E-state index contributed by atoms with van der Waals surface area (Å²) in [6.45, 7) is 2.79. The number of nitriles is 1. The van der Waals surface area contributed by atoms with Gasteiger partial charge in [0.2, 0.25) is 5.91 Å². The number of nitrogens with one attached hydrogen (secondary N) is 2. The van der Waals surface area contributed by atoms with Crippen molar-refractivity contribution in [3.8, 4) is 6.07 Å². The van der Waals surface area contributed by atoms with Crippen LogP contribution in [0.4, 0.5) is 5.69 Å². The number of carbonyl (C=O) groups is 1. The van der Waals surface area contributed by atoms with Crippen molar-refractivity contribution in [3.05, 3.63) is 24.7 Å². The second-order valence-electron chi connectivity index (χ2n) is 6.64. The molecular formula is C18H19N7O. The molecule has 0 radical (unpaired) electrons. The Hall–Kier alpha value is -3.21. The Kier molecular flexibility index (Phi) is 4.13. The molecule has 2 N–H and O–H groups in total. The van der Waals surface area contributed by atoms with Crippen molar-refractivity contribution in [1.82, 2.24) is 25.5 Å². The van der Waals surface area contributed by atoms with Crippen LogP contribution in [0.5, 0.6) is 0 Å². The van der Waals surface area contributed by atoms with Crippen molar-refractivity contribution in [3.63, 3.8) is 0 Å². The second kappa shape index (κ2) is 6.59. The number of hydrogen-bond donors (Lipinski definition) is 2. The second-order valence-corrected chi connectivity index (χ2v) is 6.64. The van der Waals surface area contributed by atoms with Gasteiger partial charge in [-0.25, -0.2) is 4.98 Å². The van der Waals surface area contributed by atoms with Gasteiger partial charge < -0.3 is 15.2 Å². The summed E-state index contributed by atoms with van der Waals surface area (Å²) in [5, 5.41) is 21.7. The fraction of sp³-hybridized carbons (Fsp3) is 0.389. The van der Waals surface area contributed by atoms with Gasteiger partial charge in [-0.3, -0.25) is 4.79 Å². The van der Waals surface area contributed by atoms with Gasteiger partial charge in [0.25, 0.3) is 0 Å². The summed E-state index contributed by atoms with van der Waals surface area (Å²) in [7, 11) is 0. The maximum Gasteiger partial charge on any atom is 0.225 e. The molecule has 1 amide bonds. The molecule has 3 aromatic heterocycles. The Balaban J connectivity index is 1.75. The van der Waals surface area contributed by atoms with Crippen molar-refractivity contribution in [2.45, 2.75) is 25.8 Å². The average Bonchev–Trinajstić information content (AvgIpc) is 3.15. The number of aromatic amines is 1. The van der Waals surface area contributed by atoms with E-state index >= 15 is 0 Å². The molecule has 0 aliphatic carbocycles. The number of anilines is 1. The van der Waals surface area contributed by atoms with Gasteiger partial charge in [-0.15, -0.1) is 5.10 Å². The zero-order valence-electron chi connectivity index (χ0n) is 14.4. The zero-order chi connectivity index (χ0) is 18.1. The van der Waals surface area contributed by atoms with Crippen LogP contribution in [0.25, 0.3) is 21.9 Å². The van der Waals surface area contributed by atoms with Crippen LogP contribution in [0.1, 0.15) is 19.8 Å². The Morgan fingerprint density at radius 3 is 3.19 bits per heavy atom. The molecule has 1 fully saturated rings. The Morgan fingerprint density at radius 1 is 1.46 bits per heavy atom. The van der Waals surface area contributed by atoms with Crippen molar-refractivity contribution in [2.24, 2.45) is 5.92 Å². The molecular weight excluding hydrogens is 330 g/mol. The topological polar surface area (TPSA) is 111 Å². The van der Waals surface area contributed by atoms with E-state index in [9.17, 15) is 4.79 Å². The van der Waals surface area contributed by atoms with Gasteiger partial charge in [-0.2, -0.15) is 10.4 Å². The molecule has 8 nitrogen and oxygen atoms in total. The summed E-state index contributed by atoms with van der Waals surface area (Å²) in [6.07, 6.45) is 7.05. The first-order valence-corrected chi connectivity index (χ1v) is 8.68. The lowest BCUT2D eigenvalue weighted by Crippen LogP contribution is -2.47. The number of fused-ring (bicyclic) bond motifs is 3. The van der Waals surface area contributed by atoms with Crippen molar-refractivity contribution >= 4 is 33.5 Å². The van der Waals surface area contributed by atoms with Crippen molar-refractivity contribution in [2.75, 3.05) is 18.0 Å². The van der Waals surface area contributed by atoms with Crippen LogP contribution in [0.15, 0.2) is 24.7 Å². The lowest BCUT2D eigenvalue weighted by Gasteiger charge is -2.39. The number of aromatic nitrogens is 4. The number of nitrogens with zero attached hydrogens (tertiary/aromatic N) is 5. The van der Waals surface area contributed by atoms with Crippen LogP contribution in [0.2, 0.25) is 0 Å². The van der Waals surface area contributed by atoms with Crippen LogP contribution >= 0.6 is 0 Å². The quantitative estimate of drug-likeness (QED) is 0.697. The standard InChI is InChI=1S/C18H19N7O/c1-11-2-3-12(18(26)21-7-5-19)10-25(11)15-9-23-24-14-8-22-17-13(16(14)15)4-6-20-17/h4,6,8-9,11-12H,2-3,7,10H2,1H3,(H,20,22)(H,21,26). The van der Waals surface area contributed by atoms with E-state index in [0.29, 0.717) is 6.54 Å². The summed E-state index contributed by atoms with van der Waals surface area (Å²) < 4.78 is 0. The molecule has 2 unspecified atom stereocenters. The van der Waals surface area contributed by atoms with Gasteiger partial charge >= 0.3 is 0 Å². The molecule has 2 atom stereocenters. The van der Waals surface area contributed by atoms with Crippen LogP contribution < -0.4 is 10.2 Å². The monoisotopic (exact) mass is 349 g/mol. The third-order valence-corrected chi connectivity index (χ3v) is 5.07. The minimum Gasteiger partial charge on any atom is -0.366 e. The van der Waals surface area contributed by atoms with Gasteiger partial charge in [-0.1, -0.05) is 0 Å². The molecule has 3 aromatic rings. The summed E-state index contributed by atoms with van der Waals surface area (Å²) in [5.74, 6) is -0.213. The van der Waals surface area contributed by atoms with E-state index in [1.165, 1.54) is 0 Å². The van der Waals surface area contributed by atoms with E-state index < -0.39 is 0 Å². The number of hydrogen-bond acceptors (Lipinski definition) is 6. The Bertz CT molecular complexity index is 1010. The molecule has 4 rings (SSSR count). The highest BCUT2D eigenvalue weighted by molar-refractivity contribution is 6.09. The lowest BCUT2D eigenvalue weighted by molar-refractivity contribution is -0.125. The van der Waals surface area contributed by atoms with E-state index in [-0.39, 0.29) is 24.4 Å². The normalized spacial score (nSPS) is 20.2. The Labute approximate surface area is 150 Å². The third-order valence-electron chi connectivity index (χ3n) is 5.07. The number of rotatable bonds is 3. The third kappa shape index (κ3) is 2.71. The first-order chi connectivity index (χ1) is 12.7. The summed E-state index contributed by atoms with van der Waals surface area (Å²) >= 11 is 0. The van der Waals surface area contributed by atoms with Crippen LogP contribution in [-0.2, 0) is 4.79 Å². The fourth-order valence-electron chi connectivity index (χ4n) is 3.70. The smallest absolute Gasteiger partial charge is 0.225 e. The molecule has 1 aliphatic rings. The highest BCUT2D eigenvalue weighted by Gasteiger charge is 2.31. The summed E-state index contributed by atoms with van der Waals surface area (Å²) in [6, 6.07) is 4.23. The Morgan fingerprint density at radius 2 is 2.35 bits per heavy atom. The number of amides is 1. The first kappa shape index (κ1) is 16.3. The lowest BCUT2D eigenvalue weighted by atomic mass is 9.92. The highest BCUT2D eigenvalue weighted by Crippen LogP contribution is 2.35. The minimum atomic E-state index is -0.147. The summed E-state index contributed by atoms with van der Waals surface area (Å²) in [5.41, 5.74) is 2.50. The van der Waals surface area contributed by atoms with E-state index in [1.54, 1.807) is 12.4 Å². The van der Waals surface area contributed by atoms with E-state index in [2.05, 4.69) is 37.3 Å². The van der Waals surface area contributed by atoms with E-state index in [0.717, 1.165) is 40.5 Å². The number of H-pyrrole nitrogens is 1. The number of carbonyl (C=O) groups excluding carboxylic acids is 1. The van der Waals surface area contributed by atoms with Crippen molar-refractivity contribution < 1.29 is 4.79 Å². The van der Waals surface area contributed by atoms with Gasteiger partial charge in [0.05, 0.1) is 30.1 Å². The molecule has 8 heteroatoms. The van der Waals surface area contributed by atoms with E-state index in [1.807, 2.05) is 18.3 Å². The predicted octanol–water partition coefficient (Wildman–Crippen LogP) is 1.75. The number of piperidine rings is 1. The molecule has 4 heterocycles. The summed E-state index contributed by atoms with van der Waals surface area (Å²) in [4.78, 5) is 22.1. The van der Waals surface area contributed by atoms with Gasteiger partial charge in [-0.05, 0) is 25.8 Å². The molecule has 1 aliphatic heterocycles. The maximum absolute atomic E-state index is 12.3. The maximum atomic E-state index is 12.3. The van der Waals surface area contributed by atoms with Crippen molar-refractivity contribution in [1.29, 1.82) is 5.26 Å². The van der Waals surface area contributed by atoms with Gasteiger partial charge in [0.1, 0.15) is 17.7 Å². The van der Waals surface area contributed by atoms with Crippen LogP contribution in [0, 0.1) is 17.2 Å². The predicted molar refractivity (Wildman–Crippen MR) is 97.3 cm³/mol. The SMILES string of the molecule is CC1CCC(C(=O)NCC#N)CN1c1cnnc2cnc3[nH]ccc3c12. The van der Waals surface area contributed by atoms with E-state index in [4.69, 9.17) is 5.26 Å². The average molecular weight is 349 g/mol. The fourth-order valence-corrected chi connectivity index (χ4v) is 3.70. The number of pyridine rings is 1. The molecule has 0 aromatic carbocycles. The van der Waals surface area contributed by atoms with Gasteiger partial charge in [0.15, 0.2) is 0 Å². The highest BCUT2D eigenvalue weighted by atomic mass is 16.1. The molecule has 0 bridgehead atoms. The molecule has 132 valence electrons. The zero-order valence-corrected chi connectivity index (χ0v) is 14.4. The minimum absolute atomic E-state index is 0.0419. The first-order valence-electron chi connectivity index (χ1n) is 8.68. The molecule has 26 heavy (non-hydrogen) atoms. The van der Waals surface area contributed by atoms with Gasteiger partial charge in [0, 0.05) is 29.6 Å². The molecule has 0 spiro atoms. The largest absolute Gasteiger partial charge is 0.366 e. The van der Waals surface area contributed by atoms with Crippen LogP contribution in [0.3, 0.4) is 0 Å². The molecule has 0 saturated carbocycles. The van der Waals surface area contributed by atoms with Crippen LogP contribution in [-0.4, -0.2) is 45.2 Å².